The minimum absolute atomic E-state index is 0.692. The summed E-state index contributed by atoms with van der Waals surface area (Å²) in [5, 5.41) is 0.965. The molecule has 0 atom stereocenters. The normalized spacial score (nSPS) is 10.2. The molecule has 24 heavy (non-hydrogen) atoms. The van der Waals surface area contributed by atoms with Gasteiger partial charge in [-0.2, -0.15) is 0 Å². The molecular formula is C19H17NO3S. The van der Waals surface area contributed by atoms with E-state index in [0.717, 1.165) is 34.2 Å². The predicted octanol–water partition coefficient (Wildman–Crippen LogP) is 5.05. The number of methoxy groups -OCH3 is 2. The van der Waals surface area contributed by atoms with Crippen molar-refractivity contribution in [2.45, 2.75) is 0 Å². The molecule has 3 aromatic rings. The fourth-order valence-electron chi connectivity index (χ4n) is 2.39. The van der Waals surface area contributed by atoms with Crippen molar-refractivity contribution in [3.8, 4) is 11.5 Å². The van der Waals surface area contributed by atoms with Crippen LogP contribution >= 0.6 is 11.3 Å². The van der Waals surface area contributed by atoms with Crippen LogP contribution in [0.5, 0.6) is 11.5 Å². The third-order valence-electron chi connectivity index (χ3n) is 3.61. The van der Waals surface area contributed by atoms with E-state index in [-0.39, 0.29) is 0 Å². The molecule has 0 spiro atoms. The summed E-state index contributed by atoms with van der Waals surface area (Å²) >= 11 is 1.45. The number of ether oxygens (including phenoxy) is 2. The molecule has 4 nitrogen and oxygen atoms in total. The molecule has 0 aliphatic rings. The lowest BCUT2D eigenvalue weighted by Gasteiger charge is -2.24. The van der Waals surface area contributed by atoms with Gasteiger partial charge < -0.3 is 14.4 Å². The largest absolute Gasteiger partial charge is 0.497 e. The van der Waals surface area contributed by atoms with Crippen LogP contribution in [0.4, 0.5) is 16.4 Å². The Morgan fingerprint density at radius 1 is 0.792 bits per heavy atom. The van der Waals surface area contributed by atoms with Crippen molar-refractivity contribution in [2.75, 3.05) is 19.1 Å². The minimum atomic E-state index is 0.692. The molecule has 0 fully saturated rings. The molecule has 0 radical (unpaired) electrons. The first-order valence-corrected chi connectivity index (χ1v) is 8.20. The summed E-state index contributed by atoms with van der Waals surface area (Å²) in [6, 6.07) is 19.4. The summed E-state index contributed by atoms with van der Waals surface area (Å²) in [4.78, 5) is 13.8. The Hall–Kier alpha value is -2.79. The predicted molar refractivity (Wildman–Crippen MR) is 97.5 cm³/mol. The molecule has 0 saturated carbocycles. The molecule has 0 saturated heterocycles. The van der Waals surface area contributed by atoms with E-state index in [4.69, 9.17) is 9.47 Å². The molecule has 0 aliphatic carbocycles. The standard InChI is InChI=1S/C19H17NO3S/c1-22-16-7-3-14(4-8-16)20(19-12-11-18(13-21)24-19)15-5-9-17(23-2)10-6-15/h3-13H,1-2H3. The lowest BCUT2D eigenvalue weighted by Crippen LogP contribution is -2.08. The molecule has 1 aromatic heterocycles. The highest BCUT2D eigenvalue weighted by molar-refractivity contribution is 7.17. The molecule has 122 valence electrons. The van der Waals surface area contributed by atoms with Gasteiger partial charge in [0.05, 0.1) is 19.1 Å². The Bertz CT molecular complexity index is 762. The van der Waals surface area contributed by atoms with Gasteiger partial charge in [-0.1, -0.05) is 0 Å². The molecule has 2 aromatic carbocycles. The van der Waals surface area contributed by atoms with Crippen molar-refractivity contribution in [1.29, 1.82) is 0 Å². The van der Waals surface area contributed by atoms with Gasteiger partial charge in [0.25, 0.3) is 0 Å². The highest BCUT2D eigenvalue weighted by Crippen LogP contribution is 2.39. The number of aldehydes is 1. The first-order valence-electron chi connectivity index (χ1n) is 7.38. The van der Waals surface area contributed by atoms with Crippen LogP contribution < -0.4 is 14.4 Å². The van der Waals surface area contributed by atoms with Crippen molar-refractivity contribution in [2.24, 2.45) is 0 Å². The average molecular weight is 339 g/mol. The minimum Gasteiger partial charge on any atom is -0.497 e. The zero-order valence-electron chi connectivity index (χ0n) is 13.4. The summed E-state index contributed by atoms with van der Waals surface area (Å²) in [6.45, 7) is 0. The van der Waals surface area contributed by atoms with Crippen LogP contribution in [0.1, 0.15) is 9.67 Å². The van der Waals surface area contributed by atoms with E-state index in [1.165, 1.54) is 11.3 Å². The number of hydrogen-bond acceptors (Lipinski definition) is 5. The number of anilines is 3. The van der Waals surface area contributed by atoms with Crippen molar-refractivity contribution >= 4 is 34.0 Å². The summed E-state index contributed by atoms with van der Waals surface area (Å²) in [6.07, 6.45) is 0.869. The second kappa shape index (κ2) is 7.19. The number of rotatable bonds is 6. The van der Waals surface area contributed by atoms with Crippen LogP contribution in [-0.2, 0) is 0 Å². The van der Waals surface area contributed by atoms with E-state index in [2.05, 4.69) is 4.90 Å². The van der Waals surface area contributed by atoms with Crippen LogP contribution in [0.15, 0.2) is 60.7 Å². The summed E-state index contributed by atoms with van der Waals surface area (Å²) in [5.41, 5.74) is 1.97. The van der Waals surface area contributed by atoms with E-state index >= 15 is 0 Å². The number of benzene rings is 2. The van der Waals surface area contributed by atoms with E-state index < -0.39 is 0 Å². The first kappa shape index (κ1) is 16.1. The van der Waals surface area contributed by atoms with Gasteiger partial charge in [0.1, 0.15) is 16.5 Å². The third-order valence-corrected chi connectivity index (χ3v) is 4.61. The molecule has 3 rings (SSSR count). The highest BCUT2D eigenvalue weighted by Gasteiger charge is 2.15. The number of hydrogen-bond donors (Lipinski definition) is 0. The summed E-state index contributed by atoms with van der Waals surface area (Å²) < 4.78 is 10.5. The zero-order chi connectivity index (χ0) is 16.9. The molecule has 0 N–H and O–H groups in total. The Morgan fingerprint density at radius 2 is 1.29 bits per heavy atom. The number of carbonyl (C=O) groups excluding carboxylic acids is 1. The average Bonchev–Trinajstić information content (AvgIpc) is 3.12. The second-order valence-electron chi connectivity index (χ2n) is 5.03. The van der Waals surface area contributed by atoms with Crippen LogP contribution in [-0.4, -0.2) is 20.5 Å². The van der Waals surface area contributed by atoms with Crippen LogP contribution in [0.3, 0.4) is 0 Å². The van der Waals surface area contributed by atoms with Gasteiger partial charge in [-0.3, -0.25) is 4.79 Å². The fourth-order valence-corrected chi connectivity index (χ4v) is 3.26. The van der Waals surface area contributed by atoms with Crippen molar-refractivity contribution in [1.82, 2.24) is 0 Å². The topological polar surface area (TPSA) is 38.8 Å². The van der Waals surface area contributed by atoms with E-state index in [1.807, 2.05) is 60.7 Å². The van der Waals surface area contributed by atoms with E-state index in [9.17, 15) is 4.79 Å². The number of nitrogens with zero attached hydrogens (tertiary/aromatic N) is 1. The van der Waals surface area contributed by atoms with Gasteiger partial charge in [0.2, 0.25) is 0 Å². The van der Waals surface area contributed by atoms with Crippen LogP contribution in [0.2, 0.25) is 0 Å². The Kier molecular flexibility index (Phi) is 4.82. The maximum atomic E-state index is 11.0. The SMILES string of the molecule is COc1ccc(N(c2ccc(OC)cc2)c2ccc(C=O)s2)cc1. The van der Waals surface area contributed by atoms with Gasteiger partial charge in [-0.15, -0.1) is 11.3 Å². The van der Waals surface area contributed by atoms with Crippen LogP contribution in [0, 0.1) is 0 Å². The van der Waals surface area contributed by atoms with Gasteiger partial charge in [-0.05, 0) is 60.7 Å². The quantitative estimate of drug-likeness (QED) is 0.589. The zero-order valence-corrected chi connectivity index (χ0v) is 14.2. The molecule has 0 amide bonds. The molecule has 1 heterocycles. The molecule has 0 bridgehead atoms. The monoisotopic (exact) mass is 339 g/mol. The summed E-state index contributed by atoms with van der Waals surface area (Å²) in [5.74, 6) is 1.60. The smallest absolute Gasteiger partial charge is 0.160 e. The van der Waals surface area contributed by atoms with E-state index in [0.29, 0.717) is 4.88 Å². The molecular weight excluding hydrogens is 322 g/mol. The lowest BCUT2D eigenvalue weighted by atomic mass is 10.2. The van der Waals surface area contributed by atoms with Gasteiger partial charge in [-0.25, -0.2) is 0 Å². The summed E-state index contributed by atoms with van der Waals surface area (Å²) in [7, 11) is 3.29. The Morgan fingerprint density at radius 3 is 1.67 bits per heavy atom. The van der Waals surface area contributed by atoms with Gasteiger partial charge in [0, 0.05) is 11.4 Å². The van der Waals surface area contributed by atoms with Gasteiger partial charge >= 0.3 is 0 Å². The first-order chi connectivity index (χ1) is 11.7. The second-order valence-corrected chi connectivity index (χ2v) is 6.12. The molecule has 0 aliphatic heterocycles. The fraction of sp³-hybridized carbons (Fsp3) is 0.105. The Labute approximate surface area is 144 Å². The maximum absolute atomic E-state index is 11.0. The van der Waals surface area contributed by atoms with Crippen molar-refractivity contribution in [3.05, 3.63) is 65.5 Å². The van der Waals surface area contributed by atoms with Gasteiger partial charge in [0.15, 0.2) is 6.29 Å². The highest BCUT2D eigenvalue weighted by atomic mass is 32.1. The Balaban J connectivity index is 2.06. The van der Waals surface area contributed by atoms with E-state index in [1.54, 1.807) is 14.2 Å². The number of carbonyl (C=O) groups is 1. The third kappa shape index (κ3) is 3.26. The van der Waals surface area contributed by atoms with Crippen molar-refractivity contribution < 1.29 is 14.3 Å². The van der Waals surface area contributed by atoms with Crippen LogP contribution in [0.25, 0.3) is 0 Å². The molecule has 5 heteroatoms. The molecule has 0 unspecified atom stereocenters. The maximum Gasteiger partial charge on any atom is 0.160 e. The number of thiophene rings is 1. The lowest BCUT2D eigenvalue weighted by molar-refractivity contribution is 0.112. The van der Waals surface area contributed by atoms with Crippen molar-refractivity contribution in [3.63, 3.8) is 0 Å².